The van der Waals surface area contributed by atoms with E-state index in [9.17, 15) is 19.7 Å². The van der Waals surface area contributed by atoms with Gasteiger partial charge in [-0.25, -0.2) is 0 Å². The summed E-state index contributed by atoms with van der Waals surface area (Å²) in [6.45, 7) is 0. The Bertz CT molecular complexity index is 556. The van der Waals surface area contributed by atoms with Crippen LogP contribution in [0.1, 0.15) is 36.0 Å². The number of halogens is 1. The number of rotatable bonds is 3. The summed E-state index contributed by atoms with van der Waals surface area (Å²) in [6.07, 6.45) is 2.01. The van der Waals surface area contributed by atoms with Crippen LogP contribution in [0.3, 0.4) is 0 Å². The maximum Gasteiger partial charge on any atom is 0.281 e. The van der Waals surface area contributed by atoms with Gasteiger partial charge in [-0.05, 0) is 25.0 Å². The minimum Gasteiger partial charge on any atom is -0.300 e. The minimum absolute atomic E-state index is 0.0596. The zero-order valence-corrected chi connectivity index (χ0v) is 11.7. The lowest BCUT2D eigenvalue weighted by Gasteiger charge is -2.19. The summed E-state index contributed by atoms with van der Waals surface area (Å²) >= 11 is 3.15. The summed E-state index contributed by atoms with van der Waals surface area (Å²) in [5.41, 5.74) is -0.120. The molecule has 5 nitrogen and oxygen atoms in total. The highest BCUT2D eigenvalue weighted by Gasteiger charge is 2.30. The molecule has 1 unspecified atom stereocenters. The van der Waals surface area contributed by atoms with Crippen molar-refractivity contribution in [1.82, 2.24) is 0 Å². The molecule has 0 amide bonds. The van der Waals surface area contributed by atoms with Crippen molar-refractivity contribution < 1.29 is 14.5 Å². The second kappa shape index (κ2) is 5.61. The van der Waals surface area contributed by atoms with E-state index in [-0.39, 0.29) is 29.2 Å². The van der Waals surface area contributed by atoms with Crippen molar-refractivity contribution in [2.45, 2.75) is 25.7 Å². The second-order valence-electron chi connectivity index (χ2n) is 4.61. The monoisotopic (exact) mass is 325 g/mol. The van der Waals surface area contributed by atoms with Gasteiger partial charge in [0.1, 0.15) is 5.78 Å². The van der Waals surface area contributed by atoms with Gasteiger partial charge in [0.25, 0.3) is 5.69 Å². The Hall–Kier alpha value is -1.56. The zero-order valence-electron chi connectivity index (χ0n) is 10.1. The molecule has 1 atom stereocenters. The maximum absolute atomic E-state index is 12.3. The minimum atomic E-state index is -0.567. The Balaban J connectivity index is 2.33. The molecule has 6 heteroatoms. The summed E-state index contributed by atoms with van der Waals surface area (Å²) < 4.78 is 0.551. The normalized spacial score (nSPS) is 19.2. The number of ketones is 2. The highest BCUT2D eigenvalue weighted by molar-refractivity contribution is 9.10. The molecule has 1 aromatic rings. The van der Waals surface area contributed by atoms with Crippen LogP contribution >= 0.6 is 15.9 Å². The number of carbonyl (C=O) groups excluding carboxylic acids is 2. The third kappa shape index (κ3) is 3.07. The van der Waals surface area contributed by atoms with E-state index < -0.39 is 10.8 Å². The molecule has 0 N–H and O–H groups in total. The number of Topliss-reactive ketones (excluding diaryl/α,β-unsaturated/α-hetero) is 2. The Labute approximate surface area is 118 Å². The van der Waals surface area contributed by atoms with Gasteiger partial charge >= 0.3 is 0 Å². The van der Waals surface area contributed by atoms with Crippen LogP contribution in [-0.4, -0.2) is 16.5 Å². The van der Waals surface area contributed by atoms with E-state index in [0.717, 1.165) is 0 Å². The third-order valence-corrected chi connectivity index (χ3v) is 3.77. The van der Waals surface area contributed by atoms with Crippen LogP contribution in [0, 0.1) is 16.0 Å². The summed E-state index contributed by atoms with van der Waals surface area (Å²) in [4.78, 5) is 34.1. The highest BCUT2D eigenvalue weighted by Crippen LogP contribution is 2.30. The van der Waals surface area contributed by atoms with E-state index >= 15 is 0 Å². The molecule has 0 bridgehead atoms. The van der Waals surface area contributed by atoms with Gasteiger partial charge in [0.15, 0.2) is 5.78 Å². The van der Waals surface area contributed by atoms with E-state index in [1.165, 1.54) is 12.1 Å². The van der Waals surface area contributed by atoms with Crippen molar-refractivity contribution in [3.63, 3.8) is 0 Å². The SMILES string of the molecule is O=C1CCCC(C(=O)c2ccc(Br)cc2[N+](=O)[O-])C1. The molecule has 1 aromatic carbocycles. The van der Waals surface area contributed by atoms with Crippen molar-refractivity contribution in [2.75, 3.05) is 0 Å². The van der Waals surface area contributed by atoms with Gasteiger partial charge in [-0.2, -0.15) is 0 Å². The van der Waals surface area contributed by atoms with Gasteiger partial charge in [-0.1, -0.05) is 15.9 Å². The molecular weight excluding hydrogens is 314 g/mol. The Kier molecular flexibility index (Phi) is 4.09. The van der Waals surface area contributed by atoms with Crippen molar-refractivity contribution in [3.8, 4) is 0 Å². The maximum atomic E-state index is 12.3. The predicted molar refractivity (Wildman–Crippen MR) is 72.1 cm³/mol. The van der Waals surface area contributed by atoms with Crippen LogP contribution in [-0.2, 0) is 4.79 Å². The van der Waals surface area contributed by atoms with Crippen molar-refractivity contribution in [3.05, 3.63) is 38.3 Å². The van der Waals surface area contributed by atoms with E-state index in [1.54, 1.807) is 6.07 Å². The largest absolute Gasteiger partial charge is 0.300 e. The van der Waals surface area contributed by atoms with E-state index in [4.69, 9.17) is 0 Å². The number of nitro benzene ring substituents is 1. The number of carbonyl (C=O) groups is 2. The lowest BCUT2D eigenvalue weighted by atomic mass is 9.83. The molecule has 1 saturated carbocycles. The average molecular weight is 326 g/mol. The lowest BCUT2D eigenvalue weighted by molar-refractivity contribution is -0.385. The molecule has 2 rings (SSSR count). The molecule has 0 heterocycles. The van der Waals surface area contributed by atoms with Crippen LogP contribution in [0.15, 0.2) is 22.7 Å². The van der Waals surface area contributed by atoms with Gasteiger partial charge in [0.2, 0.25) is 0 Å². The first-order valence-electron chi connectivity index (χ1n) is 5.99. The van der Waals surface area contributed by atoms with Crippen molar-refractivity contribution in [2.24, 2.45) is 5.92 Å². The highest BCUT2D eigenvalue weighted by atomic mass is 79.9. The molecule has 100 valence electrons. The van der Waals surface area contributed by atoms with Gasteiger partial charge < -0.3 is 0 Å². The van der Waals surface area contributed by atoms with E-state index in [1.807, 2.05) is 0 Å². The molecule has 0 radical (unpaired) electrons. The van der Waals surface area contributed by atoms with E-state index in [0.29, 0.717) is 23.7 Å². The quantitative estimate of drug-likeness (QED) is 0.485. The summed E-state index contributed by atoms with van der Waals surface area (Å²) in [5, 5.41) is 11.0. The lowest BCUT2D eigenvalue weighted by Crippen LogP contribution is -2.23. The average Bonchev–Trinajstić information content (AvgIpc) is 2.37. The number of benzene rings is 1. The van der Waals surface area contributed by atoms with Gasteiger partial charge in [-0.3, -0.25) is 19.7 Å². The van der Waals surface area contributed by atoms with Crippen LogP contribution in [0.2, 0.25) is 0 Å². The molecule has 1 aliphatic carbocycles. The molecule has 1 fully saturated rings. The Morgan fingerprint density at radius 1 is 1.42 bits per heavy atom. The number of nitro groups is 1. The topological polar surface area (TPSA) is 77.3 Å². The summed E-state index contributed by atoms with van der Waals surface area (Å²) in [7, 11) is 0. The molecule has 0 spiro atoms. The summed E-state index contributed by atoms with van der Waals surface area (Å²) in [5.74, 6) is -0.655. The number of hydrogen-bond acceptors (Lipinski definition) is 4. The molecule has 0 saturated heterocycles. The Morgan fingerprint density at radius 2 is 2.16 bits per heavy atom. The third-order valence-electron chi connectivity index (χ3n) is 3.27. The number of hydrogen-bond donors (Lipinski definition) is 0. The molecular formula is C13H12BrNO4. The Morgan fingerprint density at radius 3 is 2.79 bits per heavy atom. The molecule has 19 heavy (non-hydrogen) atoms. The fourth-order valence-corrected chi connectivity index (χ4v) is 2.68. The second-order valence-corrected chi connectivity index (χ2v) is 5.53. The first-order chi connectivity index (χ1) is 8.99. The van der Waals surface area contributed by atoms with E-state index in [2.05, 4.69) is 15.9 Å². The van der Waals surface area contributed by atoms with Gasteiger partial charge in [0, 0.05) is 29.3 Å². The smallest absolute Gasteiger partial charge is 0.281 e. The number of nitrogens with zero attached hydrogens (tertiary/aromatic N) is 1. The van der Waals surface area contributed by atoms with Crippen molar-refractivity contribution >= 4 is 33.2 Å². The first kappa shape index (κ1) is 13.9. The standard InChI is InChI=1S/C13H12BrNO4/c14-9-4-5-11(12(7-9)15(18)19)13(17)8-2-1-3-10(16)6-8/h4-5,7-8H,1-3,6H2. The molecule has 0 aliphatic heterocycles. The van der Waals surface area contributed by atoms with Gasteiger partial charge in [-0.15, -0.1) is 0 Å². The van der Waals surface area contributed by atoms with Gasteiger partial charge in [0.05, 0.1) is 10.5 Å². The van der Waals surface area contributed by atoms with Crippen LogP contribution < -0.4 is 0 Å². The van der Waals surface area contributed by atoms with Crippen molar-refractivity contribution in [1.29, 1.82) is 0 Å². The van der Waals surface area contributed by atoms with Crippen LogP contribution in [0.4, 0.5) is 5.69 Å². The summed E-state index contributed by atoms with van der Waals surface area (Å²) in [6, 6.07) is 4.37. The van der Waals surface area contributed by atoms with Crippen LogP contribution in [0.5, 0.6) is 0 Å². The fourth-order valence-electron chi connectivity index (χ4n) is 2.33. The van der Waals surface area contributed by atoms with Crippen LogP contribution in [0.25, 0.3) is 0 Å². The first-order valence-corrected chi connectivity index (χ1v) is 6.78. The fraction of sp³-hybridized carbons (Fsp3) is 0.385. The predicted octanol–water partition coefficient (Wildman–Crippen LogP) is 3.30. The molecule has 0 aromatic heterocycles. The molecule has 1 aliphatic rings. The zero-order chi connectivity index (χ0) is 14.0.